The first kappa shape index (κ1) is 33.5. The summed E-state index contributed by atoms with van der Waals surface area (Å²) in [4.78, 5) is 27.2. The lowest BCUT2D eigenvalue weighted by Crippen LogP contribution is -2.32. The fourth-order valence-corrected chi connectivity index (χ4v) is 5.54. The molecule has 0 heterocycles. The minimum atomic E-state index is -3.28. The zero-order valence-corrected chi connectivity index (χ0v) is 28.9. The van der Waals surface area contributed by atoms with Gasteiger partial charge in [0.2, 0.25) is 0 Å². The van der Waals surface area contributed by atoms with Crippen molar-refractivity contribution in [3.8, 4) is 0 Å². The monoisotopic (exact) mass is 837 g/mol. The smallest absolute Gasteiger partial charge is 0.338 e. The van der Waals surface area contributed by atoms with Gasteiger partial charge in [0.05, 0.1) is 46.2 Å². The molecule has 0 saturated carbocycles. The number of ether oxygens (including phenoxy) is 2. The van der Waals surface area contributed by atoms with Crippen LogP contribution in [0, 0.1) is 7.14 Å². The summed E-state index contributed by atoms with van der Waals surface area (Å²) in [5.41, 5.74) is 2.87. The minimum absolute atomic E-state index is 0.0289. The fraction of sp³-hybridized carbons (Fsp3) is 0.188. The second-order valence-corrected chi connectivity index (χ2v) is 14.2. The molecule has 4 rings (SSSR count). The summed E-state index contributed by atoms with van der Waals surface area (Å²) >= 11 is 4.35. The van der Waals surface area contributed by atoms with Crippen LogP contribution in [0.25, 0.3) is 0 Å². The molecule has 0 bridgehead atoms. The summed E-state index contributed by atoms with van der Waals surface area (Å²) in [7, 11) is -3.28. The maximum Gasteiger partial charge on any atom is 0.338 e. The Kier molecular flexibility index (Phi) is 12.3. The largest absolute Gasteiger partial charge is 0.460 e. The first-order valence-corrected chi connectivity index (χ1v) is 17.4. The van der Waals surface area contributed by atoms with E-state index in [9.17, 15) is 18.0 Å². The average Bonchev–Trinajstić information content (AvgIpc) is 3.04. The van der Waals surface area contributed by atoms with Gasteiger partial charge in [-0.25, -0.2) is 18.0 Å². The Morgan fingerprint density at radius 2 is 1.07 bits per heavy atom. The van der Waals surface area contributed by atoms with Crippen molar-refractivity contribution in [3.05, 3.63) is 115 Å². The van der Waals surface area contributed by atoms with Crippen molar-refractivity contribution >= 4 is 84.0 Å². The molecule has 0 aliphatic rings. The molecule has 0 atom stereocenters. The quantitative estimate of drug-likeness (QED) is 0.0774. The van der Waals surface area contributed by atoms with Crippen LogP contribution in [0.4, 0.5) is 17.1 Å². The predicted octanol–water partition coefficient (Wildman–Crippen LogP) is 7.63. The number of halogens is 2. The molecule has 0 fully saturated rings. The van der Waals surface area contributed by atoms with Crippen molar-refractivity contribution in [1.82, 2.24) is 0 Å². The van der Waals surface area contributed by atoms with Gasteiger partial charge >= 0.3 is 11.9 Å². The standard InChI is InChI=1S/C32H29I2N3O6S/c1-2-44(40,41)30-17-13-28(14-18-30)36-35-27-11-15-29(16-12-27)37(19-21-42-31(38)23-3-7-25(33)8-4-23)20-22-43-32(39)24-5-9-26(34)10-6-24/h3-18H,2,19-22H2,1H3. The van der Waals surface area contributed by atoms with Crippen LogP contribution < -0.4 is 4.90 Å². The minimum Gasteiger partial charge on any atom is -0.460 e. The van der Waals surface area contributed by atoms with Gasteiger partial charge in [-0.3, -0.25) is 0 Å². The van der Waals surface area contributed by atoms with E-state index in [4.69, 9.17) is 9.47 Å². The summed E-state index contributed by atoms with van der Waals surface area (Å²) < 4.78 is 37.1. The molecule has 228 valence electrons. The highest BCUT2D eigenvalue weighted by atomic mass is 127. The molecule has 0 amide bonds. The Morgan fingerprint density at radius 1 is 0.659 bits per heavy atom. The van der Waals surface area contributed by atoms with Gasteiger partial charge in [-0.05, 0) is 142 Å². The maximum absolute atomic E-state index is 12.5. The Hall–Kier alpha value is -3.37. The van der Waals surface area contributed by atoms with Gasteiger partial charge in [0.15, 0.2) is 9.84 Å². The van der Waals surface area contributed by atoms with E-state index >= 15 is 0 Å². The summed E-state index contributed by atoms with van der Waals surface area (Å²) in [6.07, 6.45) is 0. The lowest BCUT2D eigenvalue weighted by Gasteiger charge is -2.24. The molecule has 0 aromatic heterocycles. The number of benzene rings is 4. The molecule has 4 aromatic carbocycles. The molecule has 9 nitrogen and oxygen atoms in total. The molecule has 4 aromatic rings. The maximum atomic E-state index is 12.5. The number of carbonyl (C=O) groups excluding carboxylic acids is 2. The van der Waals surface area contributed by atoms with E-state index in [2.05, 4.69) is 55.4 Å². The molecule has 0 N–H and O–H groups in total. The summed E-state index contributed by atoms with van der Waals surface area (Å²) in [6, 6.07) is 27.8. The molecule has 0 radical (unpaired) electrons. The summed E-state index contributed by atoms with van der Waals surface area (Å²) in [5, 5.41) is 8.46. The Bertz CT molecular complexity index is 1630. The normalized spacial score (nSPS) is 11.3. The van der Waals surface area contributed by atoms with E-state index in [1.807, 2.05) is 41.3 Å². The van der Waals surface area contributed by atoms with Crippen LogP contribution in [-0.4, -0.2) is 52.4 Å². The molecular formula is C32H29I2N3O6S. The second kappa shape index (κ2) is 16.1. The molecule has 0 saturated heterocycles. The lowest BCUT2D eigenvalue weighted by atomic mass is 10.2. The number of esters is 2. The Morgan fingerprint density at radius 3 is 1.48 bits per heavy atom. The van der Waals surface area contributed by atoms with Crippen LogP contribution in [0.1, 0.15) is 27.6 Å². The molecule has 0 aliphatic carbocycles. The van der Waals surface area contributed by atoms with E-state index in [0.717, 1.165) is 12.8 Å². The molecular weight excluding hydrogens is 808 g/mol. The highest BCUT2D eigenvalue weighted by molar-refractivity contribution is 14.1. The summed E-state index contributed by atoms with van der Waals surface area (Å²) in [6.45, 7) is 2.58. The molecule has 0 spiro atoms. The number of azo groups is 1. The third-order valence-electron chi connectivity index (χ3n) is 6.42. The van der Waals surface area contributed by atoms with E-state index in [1.165, 1.54) is 12.1 Å². The van der Waals surface area contributed by atoms with Crippen molar-refractivity contribution < 1.29 is 27.5 Å². The van der Waals surface area contributed by atoms with E-state index in [0.29, 0.717) is 35.6 Å². The van der Waals surface area contributed by atoms with Crippen molar-refractivity contribution in [3.63, 3.8) is 0 Å². The summed E-state index contributed by atoms with van der Waals surface area (Å²) in [5.74, 6) is -0.800. The zero-order valence-electron chi connectivity index (χ0n) is 23.7. The van der Waals surface area contributed by atoms with Gasteiger partial charge in [-0.15, -0.1) is 0 Å². The Labute approximate surface area is 283 Å². The topological polar surface area (TPSA) is 115 Å². The zero-order chi connectivity index (χ0) is 31.5. The third-order valence-corrected chi connectivity index (χ3v) is 9.61. The van der Waals surface area contributed by atoms with Crippen LogP contribution in [-0.2, 0) is 19.3 Å². The van der Waals surface area contributed by atoms with Gasteiger partial charge < -0.3 is 14.4 Å². The number of anilines is 1. The molecule has 12 heteroatoms. The van der Waals surface area contributed by atoms with Gasteiger partial charge in [-0.1, -0.05) is 6.92 Å². The third kappa shape index (κ3) is 9.82. The first-order chi connectivity index (χ1) is 21.1. The van der Waals surface area contributed by atoms with Gasteiger partial charge in [-0.2, -0.15) is 10.2 Å². The molecule has 44 heavy (non-hydrogen) atoms. The number of hydrogen-bond acceptors (Lipinski definition) is 9. The number of carbonyl (C=O) groups is 2. The first-order valence-electron chi connectivity index (χ1n) is 13.6. The van der Waals surface area contributed by atoms with E-state index in [1.54, 1.807) is 55.5 Å². The van der Waals surface area contributed by atoms with Crippen molar-refractivity contribution in [1.29, 1.82) is 0 Å². The van der Waals surface area contributed by atoms with E-state index < -0.39 is 21.8 Å². The number of rotatable bonds is 13. The second-order valence-electron chi connectivity index (χ2n) is 9.39. The average molecular weight is 837 g/mol. The van der Waals surface area contributed by atoms with Crippen molar-refractivity contribution in [2.75, 3.05) is 37.0 Å². The van der Waals surface area contributed by atoms with Gasteiger partial charge in [0.1, 0.15) is 13.2 Å². The number of nitrogens with zero attached hydrogens (tertiary/aromatic N) is 3. The SMILES string of the molecule is CCS(=O)(=O)c1ccc(N=Nc2ccc(N(CCOC(=O)c3ccc(I)cc3)CCOC(=O)c3ccc(I)cc3)cc2)cc1. The van der Waals surface area contributed by atoms with Crippen LogP contribution in [0.5, 0.6) is 0 Å². The van der Waals surface area contributed by atoms with Crippen LogP contribution in [0.15, 0.2) is 112 Å². The van der Waals surface area contributed by atoms with E-state index in [-0.39, 0.29) is 23.9 Å². The van der Waals surface area contributed by atoms with Crippen LogP contribution >= 0.6 is 45.2 Å². The number of hydrogen-bond donors (Lipinski definition) is 0. The van der Waals surface area contributed by atoms with Gasteiger partial charge in [0, 0.05) is 12.8 Å². The lowest BCUT2D eigenvalue weighted by molar-refractivity contribution is 0.0504. The predicted molar refractivity (Wildman–Crippen MR) is 186 cm³/mol. The highest BCUT2D eigenvalue weighted by Crippen LogP contribution is 2.24. The van der Waals surface area contributed by atoms with Crippen molar-refractivity contribution in [2.24, 2.45) is 10.2 Å². The molecule has 0 aliphatic heterocycles. The van der Waals surface area contributed by atoms with Crippen molar-refractivity contribution in [2.45, 2.75) is 11.8 Å². The Balaban J connectivity index is 1.40. The highest BCUT2D eigenvalue weighted by Gasteiger charge is 2.13. The molecule has 0 unspecified atom stereocenters. The van der Waals surface area contributed by atoms with Crippen LogP contribution in [0.2, 0.25) is 0 Å². The van der Waals surface area contributed by atoms with Crippen LogP contribution in [0.3, 0.4) is 0 Å². The number of sulfone groups is 1. The van der Waals surface area contributed by atoms with Gasteiger partial charge in [0.25, 0.3) is 0 Å². The fourth-order valence-electron chi connectivity index (χ4n) is 3.94.